The van der Waals surface area contributed by atoms with Crippen LogP contribution in [0.15, 0.2) is 24.3 Å². The molecular weight excluding hydrogens is 205 g/mol. The van der Waals surface area contributed by atoms with Crippen LogP contribution in [0.1, 0.15) is 25.8 Å². The number of hydrogen-bond acceptors (Lipinski definition) is 2. The summed E-state index contributed by atoms with van der Waals surface area (Å²) < 4.78 is 17.5. The molecule has 1 aromatic rings. The molecule has 0 aliphatic heterocycles. The number of nitrogens with one attached hydrogen (secondary N) is 1. The Bertz CT molecular complexity index is 302. The van der Waals surface area contributed by atoms with Gasteiger partial charge in [-0.2, -0.15) is 0 Å². The van der Waals surface area contributed by atoms with Crippen LogP contribution >= 0.6 is 0 Å². The molecule has 0 bridgehead atoms. The van der Waals surface area contributed by atoms with E-state index in [0.29, 0.717) is 19.1 Å². The van der Waals surface area contributed by atoms with Crippen LogP contribution in [-0.2, 0) is 6.54 Å². The van der Waals surface area contributed by atoms with Gasteiger partial charge < -0.3 is 10.1 Å². The molecule has 1 rings (SSSR count). The number of ether oxygens (including phenoxy) is 1. The van der Waals surface area contributed by atoms with Gasteiger partial charge in [0, 0.05) is 24.6 Å². The van der Waals surface area contributed by atoms with E-state index < -0.39 is 0 Å². The van der Waals surface area contributed by atoms with Crippen molar-refractivity contribution < 1.29 is 9.13 Å². The zero-order chi connectivity index (χ0) is 11.8. The van der Waals surface area contributed by atoms with Crippen molar-refractivity contribution in [2.75, 3.05) is 13.3 Å². The highest BCUT2D eigenvalue weighted by Gasteiger charge is 2.03. The lowest BCUT2D eigenvalue weighted by molar-refractivity contribution is 0.286. The Balaban J connectivity index is 2.53. The lowest BCUT2D eigenvalue weighted by Crippen LogP contribution is -2.22. The Morgan fingerprint density at radius 2 is 2.06 bits per heavy atom. The number of para-hydroxylation sites is 1. The summed E-state index contributed by atoms with van der Waals surface area (Å²) in [4.78, 5) is 0. The van der Waals surface area contributed by atoms with Gasteiger partial charge in [0.25, 0.3) is 0 Å². The Hall–Kier alpha value is -1.09. The van der Waals surface area contributed by atoms with Crippen LogP contribution in [-0.4, -0.2) is 19.3 Å². The first-order valence-electron chi connectivity index (χ1n) is 5.74. The minimum absolute atomic E-state index is 0.327. The van der Waals surface area contributed by atoms with Crippen LogP contribution in [0.5, 0.6) is 5.75 Å². The summed E-state index contributed by atoms with van der Waals surface area (Å²) in [5, 5.41) is 3.34. The summed E-state index contributed by atoms with van der Waals surface area (Å²) in [5.41, 5.74) is 1.12. The third kappa shape index (κ3) is 4.62. The fourth-order valence-electron chi connectivity index (χ4n) is 1.34. The van der Waals surface area contributed by atoms with E-state index in [9.17, 15) is 4.39 Å². The molecule has 16 heavy (non-hydrogen) atoms. The highest BCUT2D eigenvalue weighted by atomic mass is 19.1. The van der Waals surface area contributed by atoms with Crippen molar-refractivity contribution in [3.63, 3.8) is 0 Å². The van der Waals surface area contributed by atoms with Gasteiger partial charge in [0.05, 0.1) is 13.3 Å². The van der Waals surface area contributed by atoms with Crippen molar-refractivity contribution in [3.05, 3.63) is 29.8 Å². The normalized spacial score (nSPS) is 10.8. The highest BCUT2D eigenvalue weighted by molar-refractivity contribution is 5.33. The molecule has 0 atom stereocenters. The van der Waals surface area contributed by atoms with Gasteiger partial charge in [0.15, 0.2) is 0 Å². The molecule has 0 aliphatic rings. The predicted octanol–water partition coefficient (Wildman–Crippen LogP) is 2.92. The SMILES string of the molecule is CC(C)NCc1ccccc1OCCCF. The monoisotopic (exact) mass is 225 g/mol. The molecule has 0 unspecified atom stereocenters. The number of benzene rings is 1. The van der Waals surface area contributed by atoms with Crippen LogP contribution in [0.25, 0.3) is 0 Å². The average molecular weight is 225 g/mol. The van der Waals surface area contributed by atoms with Crippen molar-refractivity contribution in [1.29, 1.82) is 0 Å². The molecule has 90 valence electrons. The molecule has 0 heterocycles. The lowest BCUT2D eigenvalue weighted by Gasteiger charge is -2.13. The largest absolute Gasteiger partial charge is 0.493 e. The molecule has 0 saturated heterocycles. The molecule has 0 aromatic heterocycles. The van der Waals surface area contributed by atoms with Crippen molar-refractivity contribution in [1.82, 2.24) is 5.32 Å². The van der Waals surface area contributed by atoms with E-state index in [1.807, 2.05) is 24.3 Å². The fourth-order valence-corrected chi connectivity index (χ4v) is 1.34. The zero-order valence-electron chi connectivity index (χ0n) is 10.0. The molecule has 0 radical (unpaired) electrons. The molecule has 0 amide bonds. The molecule has 3 heteroatoms. The van der Waals surface area contributed by atoms with E-state index in [0.717, 1.165) is 17.9 Å². The summed E-state index contributed by atoms with van der Waals surface area (Å²) in [6.45, 7) is 5.10. The number of alkyl halides is 1. The Kier molecular flexibility index (Phi) is 5.86. The zero-order valence-corrected chi connectivity index (χ0v) is 10.0. The number of hydrogen-bond donors (Lipinski definition) is 1. The summed E-state index contributed by atoms with van der Waals surface area (Å²) >= 11 is 0. The van der Waals surface area contributed by atoms with E-state index in [4.69, 9.17) is 4.74 Å². The van der Waals surface area contributed by atoms with Gasteiger partial charge in [-0.15, -0.1) is 0 Å². The molecule has 0 spiro atoms. The van der Waals surface area contributed by atoms with Crippen LogP contribution in [0.3, 0.4) is 0 Å². The molecule has 0 saturated carbocycles. The smallest absolute Gasteiger partial charge is 0.123 e. The van der Waals surface area contributed by atoms with E-state index in [1.165, 1.54) is 0 Å². The second-order valence-electron chi connectivity index (χ2n) is 4.03. The van der Waals surface area contributed by atoms with Gasteiger partial charge in [0.1, 0.15) is 5.75 Å². The van der Waals surface area contributed by atoms with Gasteiger partial charge in [-0.1, -0.05) is 32.0 Å². The van der Waals surface area contributed by atoms with Gasteiger partial charge in [-0.05, 0) is 6.07 Å². The molecule has 2 nitrogen and oxygen atoms in total. The van der Waals surface area contributed by atoms with Crippen molar-refractivity contribution in [3.8, 4) is 5.75 Å². The Labute approximate surface area is 96.8 Å². The van der Waals surface area contributed by atoms with Crippen LogP contribution in [0.4, 0.5) is 4.39 Å². The van der Waals surface area contributed by atoms with Crippen LogP contribution in [0.2, 0.25) is 0 Å². The first kappa shape index (κ1) is 13.0. The number of halogens is 1. The molecule has 1 aromatic carbocycles. The minimum atomic E-state index is -0.327. The predicted molar refractivity (Wildman–Crippen MR) is 64.5 cm³/mol. The lowest BCUT2D eigenvalue weighted by atomic mass is 10.2. The van der Waals surface area contributed by atoms with Gasteiger partial charge in [-0.3, -0.25) is 4.39 Å². The standard InChI is InChI=1S/C13H20FNO/c1-11(2)15-10-12-6-3-4-7-13(12)16-9-5-8-14/h3-4,6-7,11,15H,5,8-10H2,1-2H3. The summed E-state index contributed by atoms with van der Waals surface area (Å²) in [6, 6.07) is 8.32. The molecule has 0 aliphatic carbocycles. The van der Waals surface area contributed by atoms with Crippen molar-refractivity contribution in [2.24, 2.45) is 0 Å². The fraction of sp³-hybridized carbons (Fsp3) is 0.538. The first-order chi connectivity index (χ1) is 7.74. The summed E-state index contributed by atoms with van der Waals surface area (Å²) in [7, 11) is 0. The Morgan fingerprint density at radius 3 is 2.75 bits per heavy atom. The molecular formula is C13H20FNO. The topological polar surface area (TPSA) is 21.3 Å². The van der Waals surface area contributed by atoms with Crippen molar-refractivity contribution in [2.45, 2.75) is 32.9 Å². The average Bonchev–Trinajstić information content (AvgIpc) is 2.28. The van der Waals surface area contributed by atoms with Gasteiger partial charge in [-0.25, -0.2) is 0 Å². The van der Waals surface area contributed by atoms with Gasteiger partial charge in [0.2, 0.25) is 0 Å². The molecule has 0 fully saturated rings. The maximum Gasteiger partial charge on any atom is 0.123 e. The summed E-state index contributed by atoms with van der Waals surface area (Å²) in [5.74, 6) is 0.851. The van der Waals surface area contributed by atoms with Crippen LogP contribution < -0.4 is 10.1 Å². The minimum Gasteiger partial charge on any atom is -0.493 e. The third-order valence-corrected chi connectivity index (χ3v) is 2.21. The van der Waals surface area contributed by atoms with E-state index in [2.05, 4.69) is 19.2 Å². The van der Waals surface area contributed by atoms with E-state index >= 15 is 0 Å². The maximum atomic E-state index is 12.0. The second-order valence-corrected chi connectivity index (χ2v) is 4.03. The van der Waals surface area contributed by atoms with Crippen LogP contribution in [0, 0.1) is 0 Å². The molecule has 1 N–H and O–H groups in total. The number of rotatable bonds is 7. The second kappa shape index (κ2) is 7.23. The quantitative estimate of drug-likeness (QED) is 0.720. The van der Waals surface area contributed by atoms with E-state index in [-0.39, 0.29) is 6.67 Å². The first-order valence-corrected chi connectivity index (χ1v) is 5.74. The summed E-state index contributed by atoms with van der Waals surface area (Å²) in [6.07, 6.45) is 0.450. The third-order valence-electron chi connectivity index (χ3n) is 2.21. The highest BCUT2D eigenvalue weighted by Crippen LogP contribution is 2.18. The van der Waals surface area contributed by atoms with Gasteiger partial charge >= 0.3 is 0 Å². The Morgan fingerprint density at radius 1 is 1.31 bits per heavy atom. The van der Waals surface area contributed by atoms with E-state index in [1.54, 1.807) is 0 Å². The maximum absolute atomic E-state index is 12.0. The van der Waals surface area contributed by atoms with Crippen molar-refractivity contribution >= 4 is 0 Å².